The molecule has 0 spiro atoms. The summed E-state index contributed by atoms with van der Waals surface area (Å²) in [5, 5.41) is 10.4. The number of aromatic amines is 1. The van der Waals surface area contributed by atoms with Crippen LogP contribution in [0.25, 0.3) is 10.8 Å². The first-order chi connectivity index (χ1) is 11.9. The Balaban J connectivity index is 2.13. The van der Waals surface area contributed by atoms with Crippen molar-refractivity contribution >= 4 is 48.6 Å². The molecule has 2 N–H and O–H groups in total. The summed E-state index contributed by atoms with van der Waals surface area (Å²) < 4.78 is 1.80. The second-order valence-electron chi connectivity index (χ2n) is 5.80. The largest absolute Gasteiger partial charge is 0.481 e. The molecule has 2 aromatic carbocycles. The van der Waals surface area contributed by atoms with Crippen molar-refractivity contribution in [1.82, 2.24) is 4.98 Å². The van der Waals surface area contributed by atoms with Crippen molar-refractivity contribution in [3.63, 3.8) is 0 Å². The van der Waals surface area contributed by atoms with Crippen molar-refractivity contribution in [2.75, 3.05) is 0 Å². The van der Waals surface area contributed by atoms with Crippen molar-refractivity contribution in [3.8, 4) is 0 Å². The van der Waals surface area contributed by atoms with Gasteiger partial charge in [-0.25, -0.2) is 0 Å². The van der Waals surface area contributed by atoms with Gasteiger partial charge in [0, 0.05) is 32.9 Å². The highest BCUT2D eigenvalue weighted by Crippen LogP contribution is 2.25. The van der Waals surface area contributed by atoms with E-state index in [-0.39, 0.29) is 12.0 Å². The van der Waals surface area contributed by atoms with Gasteiger partial charge in [-0.2, -0.15) is 0 Å². The number of carboxylic acid groups (broad SMARTS) is 1. The van der Waals surface area contributed by atoms with Crippen molar-refractivity contribution in [2.45, 2.75) is 19.3 Å². The highest BCUT2D eigenvalue weighted by atomic mass is 79.9. The number of H-pyrrole nitrogens is 1. The molecule has 1 aromatic heterocycles. The minimum absolute atomic E-state index is 0.0184. The lowest BCUT2D eigenvalue weighted by Crippen LogP contribution is -2.14. The van der Waals surface area contributed by atoms with Gasteiger partial charge < -0.3 is 10.1 Å². The molecule has 1 heterocycles. The molecule has 0 aliphatic rings. The fourth-order valence-corrected chi connectivity index (χ4v) is 3.51. The van der Waals surface area contributed by atoms with Crippen LogP contribution in [0.1, 0.15) is 23.2 Å². The highest BCUT2D eigenvalue weighted by molar-refractivity contribution is 9.10. The topological polar surface area (TPSA) is 70.2 Å². The summed E-state index contributed by atoms with van der Waals surface area (Å²) in [6.07, 6.45) is 0.935. The van der Waals surface area contributed by atoms with Gasteiger partial charge in [-0.05, 0) is 47.2 Å². The van der Waals surface area contributed by atoms with Crippen LogP contribution in [0.3, 0.4) is 0 Å². The maximum Gasteiger partial charge on any atom is 0.303 e. The summed E-state index contributed by atoms with van der Waals surface area (Å²) in [4.78, 5) is 26.5. The number of fused-ring (bicyclic) bond motifs is 1. The zero-order valence-electron chi connectivity index (χ0n) is 13.2. The summed E-state index contributed by atoms with van der Waals surface area (Å²) in [6.45, 7) is 0. The molecule has 0 saturated carbocycles. The van der Waals surface area contributed by atoms with Gasteiger partial charge in [-0.3, -0.25) is 9.59 Å². The molecule has 4 nitrogen and oxygen atoms in total. The molecule has 0 fully saturated rings. The minimum Gasteiger partial charge on any atom is -0.481 e. The lowest BCUT2D eigenvalue weighted by molar-refractivity contribution is -0.136. The first kappa shape index (κ1) is 17.9. The molecule has 0 radical (unpaired) electrons. The summed E-state index contributed by atoms with van der Waals surface area (Å²) in [7, 11) is 0. The maximum absolute atomic E-state index is 12.5. The highest BCUT2D eigenvalue weighted by Gasteiger charge is 2.14. The van der Waals surface area contributed by atoms with E-state index in [2.05, 4.69) is 36.8 Å². The van der Waals surface area contributed by atoms with Gasteiger partial charge in [0.25, 0.3) is 5.56 Å². The Morgan fingerprint density at radius 2 is 1.68 bits per heavy atom. The van der Waals surface area contributed by atoms with Crippen LogP contribution in [0.4, 0.5) is 0 Å². The third-order valence-electron chi connectivity index (χ3n) is 4.06. The number of pyridine rings is 1. The molecule has 25 heavy (non-hydrogen) atoms. The van der Waals surface area contributed by atoms with Crippen LogP contribution in [-0.2, 0) is 17.6 Å². The van der Waals surface area contributed by atoms with E-state index in [4.69, 9.17) is 5.11 Å². The summed E-state index contributed by atoms with van der Waals surface area (Å²) in [6, 6.07) is 13.4. The molecule has 6 heteroatoms. The van der Waals surface area contributed by atoms with E-state index in [1.807, 2.05) is 36.4 Å². The van der Waals surface area contributed by atoms with Gasteiger partial charge in [0.15, 0.2) is 0 Å². The van der Waals surface area contributed by atoms with Crippen LogP contribution in [0.2, 0.25) is 0 Å². The van der Waals surface area contributed by atoms with E-state index in [9.17, 15) is 9.59 Å². The fourth-order valence-electron chi connectivity index (χ4n) is 2.88. The Labute approximate surface area is 161 Å². The van der Waals surface area contributed by atoms with E-state index in [0.717, 1.165) is 31.2 Å². The molecule has 0 atom stereocenters. The van der Waals surface area contributed by atoms with Gasteiger partial charge >= 0.3 is 5.97 Å². The zero-order valence-corrected chi connectivity index (χ0v) is 16.4. The fraction of sp³-hybridized carbons (Fsp3) is 0.158. The number of halogens is 2. The molecular weight excluding hydrogens is 450 g/mol. The predicted octanol–water partition coefficient (Wildman–Crippen LogP) is 4.66. The van der Waals surface area contributed by atoms with E-state index in [1.54, 1.807) is 6.07 Å². The Morgan fingerprint density at radius 3 is 2.36 bits per heavy atom. The van der Waals surface area contributed by atoms with Crippen LogP contribution in [0.5, 0.6) is 0 Å². The number of aliphatic carboxylic acids is 1. The van der Waals surface area contributed by atoms with E-state index in [0.29, 0.717) is 18.2 Å². The number of aromatic nitrogens is 1. The number of carboxylic acids is 1. The average molecular weight is 465 g/mol. The number of nitrogens with one attached hydrogen (secondary N) is 1. The maximum atomic E-state index is 12.5. The molecule has 0 bridgehead atoms. The standard InChI is InChI=1S/C19H15Br2NO3/c20-12-3-1-11(2-4-12)9-17-15(7-8-18(23)24)14-6-5-13(21)10-16(14)19(25)22-17/h1-6,10H,7-9H2,(H,22,25)(H,23,24). The Hall–Kier alpha value is -1.92. The predicted molar refractivity (Wildman–Crippen MR) is 105 cm³/mol. The quantitative estimate of drug-likeness (QED) is 0.576. The molecule has 0 saturated heterocycles. The molecule has 0 aliphatic heterocycles. The lowest BCUT2D eigenvalue weighted by Gasteiger charge is -2.13. The monoisotopic (exact) mass is 463 g/mol. The first-order valence-corrected chi connectivity index (χ1v) is 9.32. The van der Waals surface area contributed by atoms with Crippen LogP contribution >= 0.6 is 31.9 Å². The van der Waals surface area contributed by atoms with Crippen molar-refractivity contribution in [3.05, 3.63) is 78.6 Å². The number of hydrogen-bond donors (Lipinski definition) is 2. The van der Waals surface area contributed by atoms with Crippen molar-refractivity contribution in [1.29, 1.82) is 0 Å². The lowest BCUT2D eigenvalue weighted by atomic mass is 9.96. The zero-order chi connectivity index (χ0) is 18.0. The van der Waals surface area contributed by atoms with Crippen LogP contribution in [0, 0.1) is 0 Å². The molecular formula is C19H15Br2NO3. The third kappa shape index (κ3) is 4.19. The molecule has 0 aliphatic carbocycles. The van der Waals surface area contributed by atoms with Crippen molar-refractivity contribution in [2.24, 2.45) is 0 Å². The summed E-state index contributed by atoms with van der Waals surface area (Å²) in [5.74, 6) is -0.856. The van der Waals surface area contributed by atoms with E-state index in [1.165, 1.54) is 0 Å². The number of benzene rings is 2. The van der Waals surface area contributed by atoms with Gasteiger partial charge in [0.1, 0.15) is 0 Å². The summed E-state index contributed by atoms with van der Waals surface area (Å²) >= 11 is 6.79. The third-order valence-corrected chi connectivity index (χ3v) is 5.08. The van der Waals surface area contributed by atoms with Crippen LogP contribution in [0.15, 0.2) is 56.2 Å². The van der Waals surface area contributed by atoms with Gasteiger partial charge in [-0.1, -0.05) is 50.1 Å². The van der Waals surface area contributed by atoms with Gasteiger partial charge in [0.2, 0.25) is 0 Å². The normalized spacial score (nSPS) is 11.0. The minimum atomic E-state index is -0.856. The average Bonchev–Trinajstić information content (AvgIpc) is 2.57. The van der Waals surface area contributed by atoms with Crippen LogP contribution in [-0.4, -0.2) is 16.1 Å². The SMILES string of the molecule is O=C(O)CCc1c(Cc2ccc(Br)cc2)[nH]c(=O)c2cc(Br)ccc12. The second kappa shape index (κ2) is 7.54. The Bertz CT molecular complexity index is 994. The summed E-state index contributed by atoms with van der Waals surface area (Å²) in [5.41, 5.74) is 2.53. The molecule has 0 unspecified atom stereocenters. The molecule has 3 aromatic rings. The second-order valence-corrected chi connectivity index (χ2v) is 7.63. The molecule has 3 rings (SSSR count). The number of aryl methyl sites for hydroxylation is 1. The Morgan fingerprint density at radius 1 is 1.00 bits per heavy atom. The van der Waals surface area contributed by atoms with Crippen LogP contribution < -0.4 is 5.56 Å². The first-order valence-electron chi connectivity index (χ1n) is 7.73. The molecule has 128 valence electrons. The Kier molecular flexibility index (Phi) is 5.39. The van der Waals surface area contributed by atoms with E-state index >= 15 is 0 Å². The van der Waals surface area contributed by atoms with E-state index < -0.39 is 5.97 Å². The molecule has 0 amide bonds. The van der Waals surface area contributed by atoms with Gasteiger partial charge in [-0.15, -0.1) is 0 Å². The smallest absolute Gasteiger partial charge is 0.303 e. The van der Waals surface area contributed by atoms with Gasteiger partial charge in [0.05, 0.1) is 0 Å². The number of hydrogen-bond acceptors (Lipinski definition) is 2. The van der Waals surface area contributed by atoms with Crippen molar-refractivity contribution < 1.29 is 9.90 Å². The number of rotatable bonds is 5. The number of carbonyl (C=O) groups is 1.